The summed E-state index contributed by atoms with van der Waals surface area (Å²) in [6.07, 6.45) is 2.01. The molecular weight excluding hydrogens is 396 g/mol. The van der Waals surface area contributed by atoms with Gasteiger partial charge in [-0.15, -0.1) is 0 Å². The first-order valence-electron chi connectivity index (χ1n) is 8.69. The number of nitrogens with zero attached hydrogens (tertiary/aromatic N) is 2. The van der Waals surface area contributed by atoms with Crippen LogP contribution in [-0.2, 0) is 0 Å². The molecule has 27 heavy (non-hydrogen) atoms. The molecule has 0 spiro atoms. The average Bonchev–Trinajstić information content (AvgIpc) is 3.02. The molecule has 1 aliphatic carbocycles. The van der Waals surface area contributed by atoms with Crippen LogP contribution in [0.2, 0.25) is 0 Å². The molecule has 0 atom stereocenters. The fourth-order valence-electron chi connectivity index (χ4n) is 4.41. The predicted octanol–water partition coefficient (Wildman–Crippen LogP) is 2.25. The van der Waals surface area contributed by atoms with Crippen molar-refractivity contribution in [3.05, 3.63) is 84.7 Å². The van der Waals surface area contributed by atoms with E-state index in [1.54, 1.807) is 0 Å². The molecule has 3 aromatic carbocycles. The Kier molecular flexibility index (Phi) is 3.34. The molecule has 0 unspecified atom stereocenters. The SMILES string of the molecule is N#Cc1c2c(cc3c4ccccc4cc[n+]13)-c1cccc3cccc-2c13.[Br-]. The number of fused-ring (bicyclic) bond motifs is 6. The molecule has 6 rings (SSSR count). The second kappa shape index (κ2) is 5.64. The fourth-order valence-corrected chi connectivity index (χ4v) is 4.41. The van der Waals surface area contributed by atoms with Crippen LogP contribution < -0.4 is 21.4 Å². The molecule has 1 aliphatic rings. The molecule has 2 nitrogen and oxygen atoms in total. The van der Waals surface area contributed by atoms with Gasteiger partial charge in [0, 0.05) is 17.7 Å². The van der Waals surface area contributed by atoms with Crippen molar-refractivity contribution in [1.82, 2.24) is 0 Å². The number of halogens is 1. The lowest BCUT2D eigenvalue weighted by atomic mass is 10.0. The fraction of sp³-hybridized carbons (Fsp3) is 0. The highest BCUT2D eigenvalue weighted by atomic mass is 79.9. The minimum absolute atomic E-state index is 0. The highest BCUT2D eigenvalue weighted by Crippen LogP contribution is 2.48. The van der Waals surface area contributed by atoms with Gasteiger partial charge in [0.1, 0.15) is 0 Å². The van der Waals surface area contributed by atoms with E-state index in [1.165, 1.54) is 21.7 Å². The summed E-state index contributed by atoms with van der Waals surface area (Å²) in [6, 6.07) is 27.9. The molecule has 5 aromatic rings. The van der Waals surface area contributed by atoms with Crippen molar-refractivity contribution in [2.45, 2.75) is 0 Å². The molecule has 0 N–H and O–H groups in total. The van der Waals surface area contributed by atoms with Crippen molar-refractivity contribution < 1.29 is 21.4 Å². The van der Waals surface area contributed by atoms with E-state index in [1.807, 2.05) is 16.7 Å². The molecule has 0 saturated heterocycles. The van der Waals surface area contributed by atoms with Gasteiger partial charge in [-0.2, -0.15) is 9.66 Å². The number of hydrogen-bond acceptors (Lipinski definition) is 1. The second-order valence-corrected chi connectivity index (χ2v) is 6.76. The van der Waals surface area contributed by atoms with Crippen LogP contribution in [0.25, 0.3) is 49.3 Å². The quantitative estimate of drug-likeness (QED) is 0.280. The molecule has 2 heterocycles. The first-order valence-corrected chi connectivity index (χ1v) is 8.69. The molecule has 2 aromatic heterocycles. The van der Waals surface area contributed by atoms with Crippen LogP contribution in [-0.4, -0.2) is 0 Å². The lowest BCUT2D eigenvalue weighted by Crippen LogP contribution is -3.00. The van der Waals surface area contributed by atoms with Gasteiger partial charge in [-0.25, -0.2) is 0 Å². The summed E-state index contributed by atoms with van der Waals surface area (Å²) < 4.78 is 2.03. The molecular formula is C24H13BrN2. The van der Waals surface area contributed by atoms with Crippen molar-refractivity contribution in [3.63, 3.8) is 0 Å². The molecule has 0 aliphatic heterocycles. The third-order valence-corrected chi connectivity index (χ3v) is 5.50. The Bertz CT molecular complexity index is 1440. The van der Waals surface area contributed by atoms with Gasteiger partial charge in [0.25, 0.3) is 5.69 Å². The predicted molar refractivity (Wildman–Crippen MR) is 104 cm³/mol. The lowest BCUT2D eigenvalue weighted by molar-refractivity contribution is -0.513. The van der Waals surface area contributed by atoms with Gasteiger partial charge in [-0.05, 0) is 33.4 Å². The van der Waals surface area contributed by atoms with Gasteiger partial charge in [-0.3, -0.25) is 0 Å². The van der Waals surface area contributed by atoms with Crippen molar-refractivity contribution in [2.24, 2.45) is 0 Å². The smallest absolute Gasteiger partial charge is 0.297 e. The van der Waals surface area contributed by atoms with Gasteiger partial charge >= 0.3 is 0 Å². The zero-order valence-electron chi connectivity index (χ0n) is 14.3. The maximum atomic E-state index is 10.0. The zero-order valence-corrected chi connectivity index (χ0v) is 15.9. The number of hydrogen-bond donors (Lipinski definition) is 0. The molecule has 126 valence electrons. The normalized spacial score (nSPS) is 11.4. The Morgan fingerprint density at radius 3 is 2.30 bits per heavy atom. The number of rotatable bonds is 0. The number of aromatic nitrogens is 1. The van der Waals surface area contributed by atoms with Gasteiger partial charge < -0.3 is 17.0 Å². The first-order chi connectivity index (χ1) is 12.9. The number of pyridine rings is 2. The first kappa shape index (κ1) is 16.0. The van der Waals surface area contributed by atoms with E-state index >= 15 is 0 Å². The van der Waals surface area contributed by atoms with Crippen molar-refractivity contribution in [1.29, 1.82) is 5.26 Å². The highest BCUT2D eigenvalue weighted by Gasteiger charge is 2.30. The molecule has 0 fully saturated rings. The summed E-state index contributed by atoms with van der Waals surface area (Å²) in [5.41, 5.74) is 6.36. The minimum atomic E-state index is 0. The van der Waals surface area contributed by atoms with Crippen molar-refractivity contribution in [2.75, 3.05) is 0 Å². The van der Waals surface area contributed by atoms with E-state index in [-0.39, 0.29) is 17.0 Å². The third kappa shape index (κ3) is 1.96. The standard InChI is InChI=1S/C24H13N2.BrH/c25-14-22-24-19-10-4-7-16-6-3-9-18(23(16)19)20(24)13-21-17-8-2-1-5-15(17)11-12-26(21)22;/h1-13H;1H/q+1;/p-1. The molecule has 0 saturated carbocycles. The van der Waals surface area contributed by atoms with E-state index in [0.717, 1.165) is 27.6 Å². The van der Waals surface area contributed by atoms with E-state index < -0.39 is 0 Å². The number of benzene rings is 3. The minimum Gasteiger partial charge on any atom is -1.00 e. The zero-order chi connectivity index (χ0) is 17.3. The molecule has 3 heteroatoms. The largest absolute Gasteiger partial charge is 1.00 e. The number of nitriles is 1. The average molecular weight is 409 g/mol. The van der Waals surface area contributed by atoms with E-state index in [9.17, 15) is 5.26 Å². The topological polar surface area (TPSA) is 27.9 Å². The lowest BCUT2D eigenvalue weighted by Gasteiger charge is -2.05. The Labute approximate surface area is 166 Å². The van der Waals surface area contributed by atoms with Crippen LogP contribution in [0.1, 0.15) is 5.69 Å². The van der Waals surface area contributed by atoms with E-state index in [0.29, 0.717) is 5.69 Å². The summed E-state index contributed by atoms with van der Waals surface area (Å²) in [5, 5.41) is 14.9. The van der Waals surface area contributed by atoms with E-state index in [4.69, 9.17) is 0 Å². The second-order valence-electron chi connectivity index (χ2n) is 6.76. The Morgan fingerprint density at radius 1 is 0.741 bits per heavy atom. The van der Waals surface area contributed by atoms with Crippen molar-refractivity contribution >= 4 is 27.1 Å². The summed E-state index contributed by atoms with van der Waals surface area (Å²) in [7, 11) is 0. The summed E-state index contributed by atoms with van der Waals surface area (Å²) >= 11 is 0. The van der Waals surface area contributed by atoms with Gasteiger partial charge in [0.15, 0.2) is 12.3 Å². The Morgan fingerprint density at radius 2 is 1.48 bits per heavy atom. The maximum absolute atomic E-state index is 10.0. The van der Waals surface area contributed by atoms with Crippen LogP contribution in [0.3, 0.4) is 0 Å². The van der Waals surface area contributed by atoms with Crippen molar-refractivity contribution in [3.8, 4) is 28.3 Å². The molecule has 0 radical (unpaired) electrons. The Hall–Kier alpha value is -3.22. The van der Waals surface area contributed by atoms with Gasteiger partial charge in [0.2, 0.25) is 5.52 Å². The van der Waals surface area contributed by atoms with E-state index in [2.05, 4.69) is 72.8 Å². The van der Waals surface area contributed by atoms with Crippen LogP contribution in [0.15, 0.2) is 79.0 Å². The highest BCUT2D eigenvalue weighted by molar-refractivity contribution is 6.16. The van der Waals surface area contributed by atoms with Crippen LogP contribution in [0.5, 0.6) is 0 Å². The van der Waals surface area contributed by atoms with Gasteiger partial charge in [0.05, 0.1) is 10.9 Å². The summed E-state index contributed by atoms with van der Waals surface area (Å²) in [4.78, 5) is 0. The maximum Gasteiger partial charge on any atom is 0.297 e. The molecule has 0 bridgehead atoms. The monoisotopic (exact) mass is 408 g/mol. The third-order valence-electron chi connectivity index (χ3n) is 5.50. The summed E-state index contributed by atoms with van der Waals surface area (Å²) in [6.45, 7) is 0. The van der Waals surface area contributed by atoms with Crippen LogP contribution in [0.4, 0.5) is 0 Å². The molecule has 0 amide bonds. The Balaban J connectivity index is 0.00000160. The van der Waals surface area contributed by atoms with Crippen LogP contribution in [0, 0.1) is 11.3 Å². The van der Waals surface area contributed by atoms with Gasteiger partial charge in [-0.1, -0.05) is 54.6 Å². The van der Waals surface area contributed by atoms with Crippen LogP contribution >= 0.6 is 0 Å². The summed E-state index contributed by atoms with van der Waals surface area (Å²) in [5.74, 6) is 0.